The zero-order chi connectivity index (χ0) is 32.8. The number of rotatable bonds is 3. The Bertz CT molecular complexity index is 2990. The van der Waals surface area contributed by atoms with Crippen molar-refractivity contribution in [2.24, 2.45) is 0 Å². The molecule has 0 N–H and O–H groups in total. The molecule has 232 valence electrons. The first-order valence-electron chi connectivity index (χ1n) is 17.1. The Kier molecular flexibility index (Phi) is 5.73. The van der Waals surface area contributed by atoms with Gasteiger partial charge in [-0.1, -0.05) is 140 Å². The van der Waals surface area contributed by atoms with Gasteiger partial charge in [-0.25, -0.2) is 4.98 Å². The van der Waals surface area contributed by atoms with Crippen molar-refractivity contribution in [3.8, 4) is 44.6 Å². The maximum absolute atomic E-state index is 6.84. The molecule has 1 aliphatic carbocycles. The van der Waals surface area contributed by atoms with Gasteiger partial charge in [0, 0.05) is 38.2 Å². The second-order valence-electron chi connectivity index (χ2n) is 13.3. The number of aromatic nitrogens is 2. The molecular formula is C47H28N2O. The molecule has 0 spiro atoms. The summed E-state index contributed by atoms with van der Waals surface area (Å²) in [5.74, 6) is 0. The number of fused-ring (bicyclic) bond motifs is 13. The Morgan fingerprint density at radius 2 is 1.02 bits per heavy atom. The zero-order valence-corrected chi connectivity index (χ0v) is 27.0. The maximum atomic E-state index is 6.84. The summed E-state index contributed by atoms with van der Waals surface area (Å²) in [6.45, 7) is 0. The van der Waals surface area contributed by atoms with E-state index >= 15 is 0 Å². The molecule has 2 aromatic heterocycles. The van der Waals surface area contributed by atoms with Gasteiger partial charge in [0.15, 0.2) is 0 Å². The third kappa shape index (κ3) is 3.98. The molecule has 8 aromatic carbocycles. The van der Waals surface area contributed by atoms with Crippen LogP contribution in [-0.2, 0) is 6.42 Å². The van der Waals surface area contributed by atoms with Crippen LogP contribution in [0, 0.1) is 0 Å². The molecule has 0 fully saturated rings. The van der Waals surface area contributed by atoms with E-state index in [-0.39, 0.29) is 0 Å². The molecule has 0 atom stereocenters. The lowest BCUT2D eigenvalue weighted by molar-refractivity contribution is 0.671. The third-order valence-electron chi connectivity index (χ3n) is 10.5. The fourth-order valence-electron chi connectivity index (χ4n) is 8.18. The van der Waals surface area contributed by atoms with Crippen molar-refractivity contribution >= 4 is 54.5 Å². The molecule has 1 aliphatic rings. The first-order valence-corrected chi connectivity index (χ1v) is 17.1. The first kappa shape index (κ1) is 27.4. The van der Waals surface area contributed by atoms with E-state index in [2.05, 4.69) is 152 Å². The number of benzene rings is 8. The molecule has 0 aliphatic heterocycles. The predicted molar refractivity (Wildman–Crippen MR) is 206 cm³/mol. The summed E-state index contributed by atoms with van der Waals surface area (Å²) in [7, 11) is 0. The van der Waals surface area contributed by atoms with Crippen LogP contribution in [0.4, 0.5) is 0 Å². The minimum absolute atomic E-state index is 0.858. The van der Waals surface area contributed by atoms with Gasteiger partial charge in [0.2, 0.25) is 0 Å². The molecule has 3 heteroatoms. The van der Waals surface area contributed by atoms with Crippen molar-refractivity contribution in [3.63, 3.8) is 0 Å². The molecule has 11 rings (SSSR count). The molecule has 2 heterocycles. The average molecular weight is 637 g/mol. The summed E-state index contributed by atoms with van der Waals surface area (Å²) < 4.78 is 6.84. The molecule has 0 unspecified atom stereocenters. The summed E-state index contributed by atoms with van der Waals surface area (Å²) in [6, 6.07) is 54.1. The van der Waals surface area contributed by atoms with E-state index in [1.807, 2.05) is 6.20 Å². The minimum atomic E-state index is 0.858. The Hall–Kier alpha value is -6.58. The van der Waals surface area contributed by atoms with E-state index in [1.54, 1.807) is 0 Å². The fourth-order valence-corrected chi connectivity index (χ4v) is 8.18. The average Bonchev–Trinajstić information content (AvgIpc) is 3.76. The largest absolute Gasteiger partial charge is 0.455 e. The van der Waals surface area contributed by atoms with Gasteiger partial charge in [-0.05, 0) is 62.7 Å². The number of furan rings is 1. The van der Waals surface area contributed by atoms with Gasteiger partial charge < -0.3 is 4.42 Å². The fraction of sp³-hybridized carbons (Fsp3) is 0.0213. The number of hydrogen-bond donors (Lipinski definition) is 0. The highest BCUT2D eigenvalue weighted by Crippen LogP contribution is 2.46. The lowest BCUT2D eigenvalue weighted by Crippen LogP contribution is -1.92. The lowest BCUT2D eigenvalue weighted by atomic mass is 9.96. The highest BCUT2D eigenvalue weighted by atomic mass is 16.3. The summed E-state index contributed by atoms with van der Waals surface area (Å²) >= 11 is 0. The van der Waals surface area contributed by atoms with Gasteiger partial charge >= 0.3 is 0 Å². The van der Waals surface area contributed by atoms with Gasteiger partial charge in [-0.2, -0.15) is 0 Å². The molecule has 0 radical (unpaired) electrons. The van der Waals surface area contributed by atoms with Crippen LogP contribution < -0.4 is 0 Å². The molecular weight excluding hydrogens is 609 g/mol. The quantitative estimate of drug-likeness (QED) is 0.181. The van der Waals surface area contributed by atoms with Crippen LogP contribution >= 0.6 is 0 Å². The summed E-state index contributed by atoms with van der Waals surface area (Å²) in [6.07, 6.45) is 2.86. The van der Waals surface area contributed by atoms with Crippen LogP contribution in [0.5, 0.6) is 0 Å². The molecule has 0 bridgehead atoms. The lowest BCUT2D eigenvalue weighted by Gasteiger charge is -2.11. The van der Waals surface area contributed by atoms with Gasteiger partial charge in [0.1, 0.15) is 11.2 Å². The Balaban J connectivity index is 1.02. The zero-order valence-electron chi connectivity index (χ0n) is 27.0. The van der Waals surface area contributed by atoms with Crippen molar-refractivity contribution in [2.75, 3.05) is 0 Å². The molecule has 50 heavy (non-hydrogen) atoms. The highest BCUT2D eigenvalue weighted by Gasteiger charge is 2.24. The minimum Gasteiger partial charge on any atom is -0.455 e. The number of para-hydroxylation sites is 1. The predicted octanol–water partition coefficient (Wildman–Crippen LogP) is 12.4. The standard InChI is InChI=1S/C47H28N2O/c1-2-15-34-30(10-1)26-33-22-23-41-40-21-9-20-35(46(40)50-47(41)43(33)34)31-13-7-11-28(24-31)29-12-8-14-32(25-29)42-27-48-44-38-18-5-3-16-36(38)37-17-4-6-19-39(37)45(44)49-42/h1-25,27H,26H2. The normalized spacial score (nSPS) is 12.3. The molecule has 0 saturated carbocycles. The SMILES string of the molecule is c1cc(-c2cccc(-c3cccc4c3oc3c5c(ccc34)Cc3ccccc3-5)c2)cc(-c2cnc3c4ccccc4c4ccccc4c3n2)c1. The number of hydrogen-bond acceptors (Lipinski definition) is 3. The van der Waals surface area contributed by atoms with Crippen LogP contribution in [0.15, 0.2) is 162 Å². The summed E-state index contributed by atoms with van der Waals surface area (Å²) in [5, 5.41) is 6.95. The monoisotopic (exact) mass is 636 g/mol. The Morgan fingerprint density at radius 1 is 0.420 bits per heavy atom. The van der Waals surface area contributed by atoms with Gasteiger partial charge in [0.25, 0.3) is 0 Å². The van der Waals surface area contributed by atoms with Crippen LogP contribution in [0.25, 0.3) is 99.2 Å². The van der Waals surface area contributed by atoms with E-state index in [0.717, 1.165) is 78.3 Å². The Labute approximate surface area is 288 Å². The summed E-state index contributed by atoms with van der Waals surface area (Å²) in [5.41, 5.74) is 15.4. The first-order chi connectivity index (χ1) is 24.8. The highest BCUT2D eigenvalue weighted by molar-refractivity contribution is 6.23. The van der Waals surface area contributed by atoms with Gasteiger partial charge in [0.05, 0.1) is 22.9 Å². The summed E-state index contributed by atoms with van der Waals surface area (Å²) in [4.78, 5) is 10.2. The van der Waals surface area contributed by atoms with Crippen molar-refractivity contribution in [3.05, 3.63) is 169 Å². The molecule has 10 aromatic rings. The smallest absolute Gasteiger partial charge is 0.143 e. The van der Waals surface area contributed by atoms with Crippen molar-refractivity contribution in [1.29, 1.82) is 0 Å². The molecule has 3 nitrogen and oxygen atoms in total. The molecule has 0 saturated heterocycles. The van der Waals surface area contributed by atoms with Gasteiger partial charge in [-0.15, -0.1) is 0 Å². The van der Waals surface area contributed by atoms with E-state index in [9.17, 15) is 0 Å². The van der Waals surface area contributed by atoms with E-state index in [4.69, 9.17) is 14.4 Å². The van der Waals surface area contributed by atoms with Gasteiger partial charge in [-0.3, -0.25) is 4.98 Å². The van der Waals surface area contributed by atoms with E-state index < -0.39 is 0 Å². The van der Waals surface area contributed by atoms with E-state index in [1.165, 1.54) is 38.4 Å². The van der Waals surface area contributed by atoms with Crippen LogP contribution in [0.2, 0.25) is 0 Å². The third-order valence-corrected chi connectivity index (χ3v) is 10.5. The second-order valence-corrected chi connectivity index (χ2v) is 13.3. The maximum Gasteiger partial charge on any atom is 0.143 e. The van der Waals surface area contributed by atoms with Crippen LogP contribution in [0.1, 0.15) is 11.1 Å². The second kappa shape index (κ2) is 10.5. The van der Waals surface area contributed by atoms with Crippen molar-refractivity contribution in [1.82, 2.24) is 9.97 Å². The number of nitrogens with zero attached hydrogens (tertiary/aromatic N) is 2. The van der Waals surface area contributed by atoms with E-state index in [0.29, 0.717) is 0 Å². The van der Waals surface area contributed by atoms with Crippen LogP contribution in [0.3, 0.4) is 0 Å². The Morgan fingerprint density at radius 3 is 1.84 bits per heavy atom. The van der Waals surface area contributed by atoms with Crippen molar-refractivity contribution in [2.45, 2.75) is 6.42 Å². The molecule has 0 amide bonds. The van der Waals surface area contributed by atoms with Crippen LogP contribution in [-0.4, -0.2) is 9.97 Å². The van der Waals surface area contributed by atoms with Crippen molar-refractivity contribution < 1.29 is 4.42 Å². The topological polar surface area (TPSA) is 38.9 Å².